The Morgan fingerprint density at radius 2 is 1.92 bits per heavy atom. The fourth-order valence-corrected chi connectivity index (χ4v) is 4.73. The third-order valence-corrected chi connectivity index (χ3v) is 6.79. The number of carbonyl (C=O) groups excluding carboxylic acids is 1. The van der Waals surface area contributed by atoms with Crippen LogP contribution in [-0.2, 0) is 21.2 Å². The first-order chi connectivity index (χ1) is 12.3. The second-order valence-electron chi connectivity index (χ2n) is 6.72. The summed E-state index contributed by atoms with van der Waals surface area (Å²) in [5, 5.41) is 3.48. The zero-order valence-corrected chi connectivity index (χ0v) is 16.6. The molecule has 0 aliphatic carbocycles. The second-order valence-corrected chi connectivity index (χ2v) is 9.82. The van der Waals surface area contributed by atoms with Crippen molar-refractivity contribution in [3.8, 4) is 0 Å². The number of hydrogen-bond donors (Lipinski definition) is 1. The van der Waals surface area contributed by atoms with Crippen molar-refractivity contribution in [3.05, 3.63) is 46.5 Å². The Hall–Kier alpha value is -1.77. The Balaban J connectivity index is 1.54. The number of nitrogens with one attached hydrogen (secondary N) is 1. The highest BCUT2D eigenvalue weighted by Crippen LogP contribution is 2.24. The number of aromatic nitrogens is 1. The van der Waals surface area contributed by atoms with Crippen LogP contribution in [0, 0.1) is 12.8 Å². The predicted octanol–water partition coefficient (Wildman–Crippen LogP) is 2.65. The first-order valence-corrected chi connectivity index (χ1v) is 11.2. The van der Waals surface area contributed by atoms with Crippen LogP contribution in [0.2, 0.25) is 0 Å². The van der Waals surface area contributed by atoms with Gasteiger partial charge in [0.25, 0.3) is 0 Å². The van der Waals surface area contributed by atoms with Gasteiger partial charge in [-0.15, -0.1) is 11.3 Å². The maximum Gasteiger partial charge on any atom is 0.229 e. The van der Waals surface area contributed by atoms with E-state index >= 15 is 0 Å². The number of thiazole rings is 1. The van der Waals surface area contributed by atoms with Crippen molar-refractivity contribution in [1.29, 1.82) is 0 Å². The molecular formula is C18H23N3O3S2. The summed E-state index contributed by atoms with van der Waals surface area (Å²) in [4.78, 5) is 17.8. The molecule has 8 heteroatoms. The summed E-state index contributed by atoms with van der Waals surface area (Å²) in [5.41, 5.74) is 2.44. The Labute approximate surface area is 158 Å². The van der Waals surface area contributed by atoms with E-state index in [1.54, 1.807) is 6.20 Å². The number of anilines is 1. The number of benzene rings is 1. The number of aryl methyl sites for hydroxylation is 1. The number of amides is 1. The average molecular weight is 394 g/mol. The van der Waals surface area contributed by atoms with Gasteiger partial charge in [0.05, 0.1) is 6.26 Å². The van der Waals surface area contributed by atoms with Gasteiger partial charge < -0.3 is 5.32 Å². The maximum atomic E-state index is 12.4. The Morgan fingerprint density at radius 3 is 2.54 bits per heavy atom. The first kappa shape index (κ1) is 19.0. The van der Waals surface area contributed by atoms with Crippen LogP contribution in [0.1, 0.15) is 28.8 Å². The molecule has 2 heterocycles. The van der Waals surface area contributed by atoms with Crippen LogP contribution in [0.4, 0.5) is 5.13 Å². The summed E-state index contributed by atoms with van der Waals surface area (Å²) >= 11 is 1.48. The molecule has 3 rings (SSSR count). The van der Waals surface area contributed by atoms with Gasteiger partial charge in [0.15, 0.2) is 5.13 Å². The van der Waals surface area contributed by atoms with Crippen LogP contribution in [0.5, 0.6) is 0 Å². The third kappa shape index (κ3) is 4.90. The van der Waals surface area contributed by atoms with Gasteiger partial charge in [-0.3, -0.25) is 4.79 Å². The SMILES string of the molecule is Cc1ccc(Cc2cnc(NC(=O)C3CCN(S(C)(=O)=O)CC3)s2)cc1. The van der Waals surface area contributed by atoms with E-state index in [2.05, 4.69) is 41.5 Å². The summed E-state index contributed by atoms with van der Waals surface area (Å²) in [6, 6.07) is 8.37. The molecule has 1 aliphatic heterocycles. The maximum absolute atomic E-state index is 12.4. The lowest BCUT2D eigenvalue weighted by atomic mass is 9.97. The molecule has 1 aliphatic rings. The van der Waals surface area contributed by atoms with E-state index < -0.39 is 10.0 Å². The molecule has 1 saturated heterocycles. The van der Waals surface area contributed by atoms with E-state index in [0.29, 0.717) is 31.1 Å². The van der Waals surface area contributed by atoms with Crippen molar-refractivity contribution in [2.75, 3.05) is 24.7 Å². The molecule has 1 aromatic heterocycles. The van der Waals surface area contributed by atoms with Gasteiger partial charge in [-0.1, -0.05) is 29.8 Å². The monoisotopic (exact) mass is 393 g/mol. The normalized spacial score (nSPS) is 16.5. The lowest BCUT2D eigenvalue weighted by Gasteiger charge is -2.29. The summed E-state index contributed by atoms with van der Waals surface area (Å²) in [6.45, 7) is 2.85. The van der Waals surface area contributed by atoms with Crippen LogP contribution in [0.3, 0.4) is 0 Å². The van der Waals surface area contributed by atoms with E-state index in [9.17, 15) is 13.2 Å². The zero-order valence-electron chi connectivity index (χ0n) is 14.9. The fourth-order valence-electron chi connectivity index (χ4n) is 3.01. The molecule has 1 amide bonds. The van der Waals surface area contributed by atoms with Crippen LogP contribution in [0.15, 0.2) is 30.5 Å². The Kier molecular flexibility index (Phi) is 5.74. The van der Waals surface area contributed by atoms with Gasteiger partial charge in [0, 0.05) is 36.5 Å². The molecule has 140 valence electrons. The van der Waals surface area contributed by atoms with E-state index in [1.807, 2.05) is 0 Å². The highest BCUT2D eigenvalue weighted by molar-refractivity contribution is 7.88. The van der Waals surface area contributed by atoms with Gasteiger partial charge in [-0.2, -0.15) is 0 Å². The fraction of sp³-hybridized carbons (Fsp3) is 0.444. The van der Waals surface area contributed by atoms with E-state index in [4.69, 9.17) is 0 Å². The van der Waals surface area contributed by atoms with Crippen molar-refractivity contribution in [2.24, 2.45) is 5.92 Å². The van der Waals surface area contributed by atoms with Crippen LogP contribution in [-0.4, -0.2) is 43.0 Å². The Morgan fingerprint density at radius 1 is 1.27 bits per heavy atom. The predicted molar refractivity (Wildman–Crippen MR) is 104 cm³/mol. The highest BCUT2D eigenvalue weighted by Gasteiger charge is 2.29. The largest absolute Gasteiger partial charge is 0.302 e. The van der Waals surface area contributed by atoms with Crippen molar-refractivity contribution in [3.63, 3.8) is 0 Å². The number of rotatable bonds is 5. The minimum Gasteiger partial charge on any atom is -0.302 e. The van der Waals surface area contributed by atoms with Gasteiger partial charge in [0.1, 0.15) is 0 Å². The molecule has 0 atom stereocenters. The quantitative estimate of drug-likeness (QED) is 0.847. The standard InChI is InChI=1S/C18H23N3O3S2/c1-13-3-5-14(6-4-13)11-16-12-19-18(25-16)20-17(22)15-7-9-21(10-8-15)26(2,23)24/h3-6,12,15H,7-11H2,1-2H3,(H,19,20,22). The van der Waals surface area contributed by atoms with Crippen LogP contribution in [0.25, 0.3) is 0 Å². The molecule has 6 nitrogen and oxygen atoms in total. The third-order valence-electron chi connectivity index (χ3n) is 4.58. The molecule has 0 bridgehead atoms. The molecule has 0 unspecified atom stereocenters. The van der Waals surface area contributed by atoms with E-state index in [0.717, 1.165) is 11.3 Å². The highest BCUT2D eigenvalue weighted by atomic mass is 32.2. The lowest BCUT2D eigenvalue weighted by molar-refractivity contribution is -0.120. The van der Waals surface area contributed by atoms with Crippen molar-refractivity contribution >= 4 is 32.4 Å². The molecular weight excluding hydrogens is 370 g/mol. The second kappa shape index (κ2) is 7.85. The molecule has 0 saturated carbocycles. The zero-order chi connectivity index (χ0) is 18.7. The van der Waals surface area contributed by atoms with Gasteiger partial charge >= 0.3 is 0 Å². The van der Waals surface area contributed by atoms with Gasteiger partial charge in [-0.25, -0.2) is 17.7 Å². The van der Waals surface area contributed by atoms with Gasteiger partial charge in [-0.05, 0) is 25.3 Å². The molecule has 1 aromatic carbocycles. The molecule has 2 aromatic rings. The summed E-state index contributed by atoms with van der Waals surface area (Å²) in [7, 11) is -3.17. The first-order valence-electron chi connectivity index (χ1n) is 8.57. The van der Waals surface area contributed by atoms with Crippen LogP contribution < -0.4 is 5.32 Å². The molecule has 0 radical (unpaired) electrons. The number of carbonyl (C=O) groups is 1. The van der Waals surface area contributed by atoms with Crippen molar-refractivity contribution < 1.29 is 13.2 Å². The van der Waals surface area contributed by atoms with E-state index in [1.165, 1.54) is 33.0 Å². The number of sulfonamides is 1. The number of nitrogens with zero attached hydrogens (tertiary/aromatic N) is 2. The van der Waals surface area contributed by atoms with E-state index in [-0.39, 0.29) is 11.8 Å². The Bertz CT molecular complexity index is 867. The molecule has 1 fully saturated rings. The molecule has 1 N–H and O–H groups in total. The lowest BCUT2D eigenvalue weighted by Crippen LogP contribution is -2.40. The summed E-state index contributed by atoms with van der Waals surface area (Å²) in [5.74, 6) is -0.244. The topological polar surface area (TPSA) is 79.4 Å². The summed E-state index contributed by atoms with van der Waals surface area (Å²) < 4.78 is 24.5. The minimum atomic E-state index is -3.17. The molecule has 0 spiro atoms. The van der Waals surface area contributed by atoms with Gasteiger partial charge in [0.2, 0.25) is 15.9 Å². The molecule has 26 heavy (non-hydrogen) atoms. The summed E-state index contributed by atoms with van der Waals surface area (Å²) in [6.07, 6.45) is 4.88. The van der Waals surface area contributed by atoms with Crippen molar-refractivity contribution in [2.45, 2.75) is 26.2 Å². The number of piperidine rings is 1. The average Bonchev–Trinajstić information content (AvgIpc) is 3.03. The number of hydrogen-bond acceptors (Lipinski definition) is 5. The van der Waals surface area contributed by atoms with Crippen molar-refractivity contribution in [1.82, 2.24) is 9.29 Å². The minimum absolute atomic E-state index is 0.0746. The van der Waals surface area contributed by atoms with Crippen LogP contribution >= 0.6 is 11.3 Å². The smallest absolute Gasteiger partial charge is 0.229 e.